The Morgan fingerprint density at radius 3 is 2.67 bits per heavy atom. The Balaban J connectivity index is 2.96. The number of rotatable bonds is 5. The lowest BCUT2D eigenvalue weighted by Crippen LogP contribution is -2.03. The molecule has 0 fully saturated rings. The molecule has 5 nitrogen and oxygen atoms in total. The van der Waals surface area contributed by atoms with Crippen LogP contribution in [0.15, 0.2) is 18.2 Å². The predicted molar refractivity (Wildman–Crippen MR) is 56.4 cm³/mol. The second-order valence-corrected chi connectivity index (χ2v) is 3.26. The number of hydrogen-bond donors (Lipinski definition) is 2. The molecular weight excluding hydrogens is 196 g/mol. The van der Waals surface area contributed by atoms with E-state index in [1.165, 1.54) is 12.1 Å². The van der Waals surface area contributed by atoms with Crippen LogP contribution in [-0.4, -0.2) is 16.6 Å². The van der Waals surface area contributed by atoms with Gasteiger partial charge in [-0.3, -0.25) is 10.1 Å². The lowest BCUT2D eigenvalue weighted by molar-refractivity contribution is -0.384. The van der Waals surface area contributed by atoms with Crippen molar-refractivity contribution in [1.29, 1.82) is 0 Å². The van der Waals surface area contributed by atoms with E-state index in [2.05, 4.69) is 0 Å². The van der Waals surface area contributed by atoms with Gasteiger partial charge < -0.3 is 10.8 Å². The van der Waals surface area contributed by atoms with Crippen LogP contribution in [0.3, 0.4) is 0 Å². The van der Waals surface area contributed by atoms with Gasteiger partial charge in [-0.15, -0.1) is 0 Å². The summed E-state index contributed by atoms with van der Waals surface area (Å²) in [5.74, 6) is 0. The Morgan fingerprint density at radius 1 is 1.40 bits per heavy atom. The van der Waals surface area contributed by atoms with Crippen LogP contribution in [-0.2, 0) is 13.0 Å². The second-order valence-electron chi connectivity index (χ2n) is 3.26. The van der Waals surface area contributed by atoms with Crippen LogP contribution >= 0.6 is 0 Å². The summed E-state index contributed by atoms with van der Waals surface area (Å²) in [7, 11) is 0. The summed E-state index contributed by atoms with van der Waals surface area (Å²) in [4.78, 5) is 10.1. The van der Waals surface area contributed by atoms with Crippen molar-refractivity contribution in [1.82, 2.24) is 0 Å². The Hall–Kier alpha value is -1.46. The van der Waals surface area contributed by atoms with E-state index in [0.717, 1.165) is 17.5 Å². The molecule has 0 bridgehead atoms. The lowest BCUT2D eigenvalue weighted by atomic mass is 10.0. The summed E-state index contributed by atoms with van der Waals surface area (Å²) in [6, 6.07) is 4.49. The molecule has 1 rings (SSSR count). The minimum atomic E-state index is -0.437. The van der Waals surface area contributed by atoms with Gasteiger partial charge >= 0.3 is 0 Å². The maximum absolute atomic E-state index is 10.5. The number of nitrogens with zero attached hydrogens (tertiary/aromatic N) is 1. The fourth-order valence-corrected chi connectivity index (χ4v) is 1.41. The van der Waals surface area contributed by atoms with E-state index in [-0.39, 0.29) is 12.3 Å². The molecule has 0 radical (unpaired) electrons. The van der Waals surface area contributed by atoms with E-state index in [1.54, 1.807) is 6.07 Å². The monoisotopic (exact) mass is 210 g/mol. The van der Waals surface area contributed by atoms with Crippen LogP contribution in [0.5, 0.6) is 0 Å². The Kier molecular flexibility index (Phi) is 4.20. The number of nitro benzene ring substituents is 1. The zero-order chi connectivity index (χ0) is 11.3. The van der Waals surface area contributed by atoms with Crippen LogP contribution in [0.1, 0.15) is 17.5 Å². The summed E-state index contributed by atoms with van der Waals surface area (Å²) in [5.41, 5.74) is 6.96. The molecule has 0 unspecified atom stereocenters. The normalized spacial score (nSPS) is 10.3. The van der Waals surface area contributed by atoms with E-state index in [9.17, 15) is 10.1 Å². The highest BCUT2D eigenvalue weighted by molar-refractivity contribution is 5.39. The molecule has 0 aliphatic carbocycles. The standard InChI is InChI=1S/C10H14N2O3/c11-5-1-2-8-6-10(12(14)15)4-3-9(8)7-13/h3-4,6,13H,1-2,5,7,11H2. The highest BCUT2D eigenvalue weighted by Gasteiger charge is 2.09. The third-order valence-corrected chi connectivity index (χ3v) is 2.22. The van der Waals surface area contributed by atoms with E-state index < -0.39 is 4.92 Å². The SMILES string of the molecule is NCCCc1cc([N+](=O)[O-])ccc1CO. The molecule has 0 aliphatic rings. The highest BCUT2D eigenvalue weighted by Crippen LogP contribution is 2.19. The first-order chi connectivity index (χ1) is 7.19. The fraction of sp³-hybridized carbons (Fsp3) is 0.400. The predicted octanol–water partition coefficient (Wildman–Crippen LogP) is 0.978. The molecule has 1 aromatic rings. The van der Waals surface area contributed by atoms with Gasteiger partial charge in [0, 0.05) is 12.1 Å². The smallest absolute Gasteiger partial charge is 0.269 e. The summed E-state index contributed by atoms with van der Waals surface area (Å²) in [5, 5.41) is 19.6. The maximum Gasteiger partial charge on any atom is 0.269 e. The van der Waals surface area contributed by atoms with Gasteiger partial charge in [0.05, 0.1) is 11.5 Å². The first-order valence-corrected chi connectivity index (χ1v) is 4.76. The number of non-ortho nitro benzene ring substituents is 1. The van der Waals surface area contributed by atoms with Gasteiger partial charge in [-0.05, 0) is 36.6 Å². The zero-order valence-electron chi connectivity index (χ0n) is 8.35. The van der Waals surface area contributed by atoms with Crippen LogP contribution < -0.4 is 5.73 Å². The van der Waals surface area contributed by atoms with E-state index in [0.29, 0.717) is 13.0 Å². The molecule has 0 heterocycles. The van der Waals surface area contributed by atoms with Crippen LogP contribution in [0.4, 0.5) is 5.69 Å². The number of aliphatic hydroxyl groups is 1. The first-order valence-electron chi connectivity index (χ1n) is 4.76. The molecule has 0 amide bonds. The molecule has 0 aromatic heterocycles. The largest absolute Gasteiger partial charge is 0.392 e. The van der Waals surface area contributed by atoms with Gasteiger partial charge in [-0.25, -0.2) is 0 Å². The molecule has 1 aromatic carbocycles. The summed E-state index contributed by atoms with van der Waals surface area (Å²) >= 11 is 0. The number of nitrogens with two attached hydrogens (primary N) is 1. The van der Waals surface area contributed by atoms with E-state index in [4.69, 9.17) is 10.8 Å². The zero-order valence-corrected chi connectivity index (χ0v) is 8.35. The number of benzene rings is 1. The quantitative estimate of drug-likeness (QED) is 0.560. The topological polar surface area (TPSA) is 89.4 Å². The van der Waals surface area contributed by atoms with Crippen LogP contribution in [0.2, 0.25) is 0 Å². The van der Waals surface area contributed by atoms with Gasteiger partial charge in [-0.2, -0.15) is 0 Å². The number of hydrogen-bond acceptors (Lipinski definition) is 4. The average Bonchev–Trinajstić information content (AvgIpc) is 2.25. The van der Waals surface area contributed by atoms with Crippen molar-refractivity contribution in [2.75, 3.05) is 6.54 Å². The van der Waals surface area contributed by atoms with Gasteiger partial charge in [0.2, 0.25) is 0 Å². The van der Waals surface area contributed by atoms with Crippen molar-refractivity contribution in [3.63, 3.8) is 0 Å². The van der Waals surface area contributed by atoms with Gasteiger partial charge in [-0.1, -0.05) is 0 Å². The molecular formula is C10H14N2O3. The Bertz CT molecular complexity index is 353. The first kappa shape index (κ1) is 11.6. The lowest BCUT2D eigenvalue weighted by Gasteiger charge is -2.06. The molecule has 0 spiro atoms. The van der Waals surface area contributed by atoms with Crippen LogP contribution in [0.25, 0.3) is 0 Å². The fourth-order valence-electron chi connectivity index (χ4n) is 1.41. The van der Waals surface area contributed by atoms with Crippen molar-refractivity contribution >= 4 is 5.69 Å². The van der Waals surface area contributed by atoms with Crippen molar-refractivity contribution in [2.24, 2.45) is 5.73 Å². The van der Waals surface area contributed by atoms with Crippen molar-refractivity contribution < 1.29 is 10.0 Å². The molecule has 0 aliphatic heterocycles. The summed E-state index contributed by atoms with van der Waals surface area (Å²) < 4.78 is 0. The van der Waals surface area contributed by atoms with Crippen molar-refractivity contribution in [2.45, 2.75) is 19.4 Å². The Labute approximate surface area is 87.7 Å². The summed E-state index contributed by atoms with van der Waals surface area (Å²) in [6.45, 7) is 0.436. The third-order valence-electron chi connectivity index (χ3n) is 2.22. The van der Waals surface area contributed by atoms with E-state index in [1.807, 2.05) is 0 Å². The van der Waals surface area contributed by atoms with Gasteiger partial charge in [0.1, 0.15) is 0 Å². The van der Waals surface area contributed by atoms with E-state index >= 15 is 0 Å². The molecule has 0 saturated carbocycles. The maximum atomic E-state index is 10.5. The van der Waals surface area contributed by atoms with Gasteiger partial charge in [0.15, 0.2) is 0 Å². The molecule has 5 heteroatoms. The molecule has 15 heavy (non-hydrogen) atoms. The number of nitro groups is 1. The third kappa shape index (κ3) is 3.00. The number of aliphatic hydroxyl groups excluding tert-OH is 1. The summed E-state index contributed by atoms with van der Waals surface area (Å²) in [6.07, 6.45) is 1.42. The second kappa shape index (κ2) is 5.43. The molecule has 3 N–H and O–H groups in total. The minimum absolute atomic E-state index is 0.0548. The van der Waals surface area contributed by atoms with Gasteiger partial charge in [0.25, 0.3) is 5.69 Å². The molecule has 0 saturated heterocycles. The average molecular weight is 210 g/mol. The van der Waals surface area contributed by atoms with Crippen molar-refractivity contribution in [3.05, 3.63) is 39.4 Å². The Morgan fingerprint density at radius 2 is 2.13 bits per heavy atom. The molecule has 0 atom stereocenters. The number of aryl methyl sites for hydroxylation is 1. The molecule has 82 valence electrons. The minimum Gasteiger partial charge on any atom is -0.392 e. The van der Waals surface area contributed by atoms with Crippen LogP contribution in [0, 0.1) is 10.1 Å². The highest BCUT2D eigenvalue weighted by atomic mass is 16.6. The van der Waals surface area contributed by atoms with Crippen molar-refractivity contribution in [3.8, 4) is 0 Å².